The first-order valence-corrected chi connectivity index (χ1v) is 9.85. The van der Waals surface area contributed by atoms with Crippen LogP contribution in [0.25, 0.3) is 0 Å². The largest absolute Gasteiger partial charge is 0.340 e. The van der Waals surface area contributed by atoms with Crippen molar-refractivity contribution in [2.24, 2.45) is 5.92 Å². The molecule has 142 valence electrons. The van der Waals surface area contributed by atoms with Gasteiger partial charge in [-0.25, -0.2) is 0 Å². The van der Waals surface area contributed by atoms with Crippen LogP contribution in [-0.4, -0.2) is 59.9 Å². The molecule has 1 heterocycles. The van der Waals surface area contributed by atoms with E-state index in [1.54, 1.807) is 0 Å². The first kappa shape index (κ1) is 18.9. The van der Waals surface area contributed by atoms with Crippen LogP contribution in [0.2, 0.25) is 0 Å². The fourth-order valence-electron chi connectivity index (χ4n) is 3.72. The zero-order valence-corrected chi connectivity index (χ0v) is 16.2. The average Bonchev–Trinajstić information content (AvgIpc) is 3.46. The molecular formula is C21H31N3O2. The molecule has 0 unspecified atom stereocenters. The van der Waals surface area contributed by atoms with Crippen LogP contribution >= 0.6 is 0 Å². The molecule has 0 spiro atoms. The van der Waals surface area contributed by atoms with E-state index in [0.717, 1.165) is 37.8 Å². The highest BCUT2D eigenvalue weighted by atomic mass is 16.2. The molecule has 0 bridgehead atoms. The van der Waals surface area contributed by atoms with Gasteiger partial charge in [0.15, 0.2) is 0 Å². The lowest BCUT2D eigenvalue weighted by Gasteiger charge is -2.37. The molecule has 5 heteroatoms. The van der Waals surface area contributed by atoms with Crippen LogP contribution in [0.1, 0.15) is 49.0 Å². The highest BCUT2D eigenvalue weighted by Crippen LogP contribution is 2.27. The molecule has 1 aliphatic heterocycles. The van der Waals surface area contributed by atoms with E-state index in [1.165, 1.54) is 12.8 Å². The van der Waals surface area contributed by atoms with E-state index in [0.29, 0.717) is 17.9 Å². The molecule has 1 aliphatic carbocycles. The summed E-state index contributed by atoms with van der Waals surface area (Å²) in [6, 6.07) is 7.82. The van der Waals surface area contributed by atoms with Gasteiger partial charge in [0.1, 0.15) is 6.04 Å². The molecule has 26 heavy (non-hydrogen) atoms. The second-order valence-electron chi connectivity index (χ2n) is 8.06. The molecule has 3 rings (SSSR count). The average molecular weight is 357 g/mol. The number of nitrogens with one attached hydrogen (secondary N) is 1. The number of carbonyl (C=O) groups is 2. The lowest BCUT2D eigenvalue weighted by molar-refractivity contribution is -0.135. The number of piperazine rings is 1. The molecule has 1 aromatic carbocycles. The fraction of sp³-hybridized carbons (Fsp3) is 0.619. The normalized spacial score (nSPS) is 19.5. The van der Waals surface area contributed by atoms with E-state index in [9.17, 15) is 9.59 Å². The molecule has 2 amide bonds. The van der Waals surface area contributed by atoms with E-state index in [-0.39, 0.29) is 11.8 Å². The zero-order chi connectivity index (χ0) is 18.7. The molecular weight excluding hydrogens is 326 g/mol. The Hall–Kier alpha value is -1.88. The third kappa shape index (κ3) is 4.64. The second kappa shape index (κ2) is 8.21. The topological polar surface area (TPSA) is 52.7 Å². The molecule has 5 nitrogen and oxygen atoms in total. The van der Waals surface area contributed by atoms with Crippen LogP contribution in [0.5, 0.6) is 0 Å². The van der Waals surface area contributed by atoms with Crippen molar-refractivity contribution in [3.8, 4) is 0 Å². The van der Waals surface area contributed by atoms with E-state index in [4.69, 9.17) is 0 Å². The predicted octanol–water partition coefficient (Wildman–Crippen LogP) is 2.45. The molecule has 0 aromatic heterocycles. The summed E-state index contributed by atoms with van der Waals surface area (Å²) in [5.41, 5.74) is 1.58. The SMILES string of the molecule is Cc1ccccc1C(=O)N[C@@H](CC(C)C)C(=O)N1CCN(C2CC2)CC1. The van der Waals surface area contributed by atoms with Gasteiger partial charge in [-0.2, -0.15) is 0 Å². The minimum Gasteiger partial charge on any atom is -0.340 e. The van der Waals surface area contributed by atoms with Crippen molar-refractivity contribution in [2.75, 3.05) is 26.2 Å². The summed E-state index contributed by atoms with van der Waals surface area (Å²) in [4.78, 5) is 30.2. The maximum Gasteiger partial charge on any atom is 0.252 e. The summed E-state index contributed by atoms with van der Waals surface area (Å²) >= 11 is 0. The molecule has 1 atom stereocenters. The Kier molecular flexibility index (Phi) is 5.97. The van der Waals surface area contributed by atoms with Gasteiger partial charge in [0, 0.05) is 37.8 Å². The Morgan fingerprint density at radius 2 is 1.77 bits per heavy atom. The summed E-state index contributed by atoms with van der Waals surface area (Å²) in [7, 11) is 0. The molecule has 2 aliphatic rings. The maximum atomic E-state index is 13.1. The molecule has 1 aromatic rings. The Balaban J connectivity index is 1.64. The van der Waals surface area contributed by atoms with Gasteiger partial charge in [-0.15, -0.1) is 0 Å². The monoisotopic (exact) mass is 357 g/mol. The molecule has 1 saturated carbocycles. The zero-order valence-electron chi connectivity index (χ0n) is 16.2. The molecule has 2 fully saturated rings. The standard InChI is InChI=1S/C21H31N3O2/c1-15(2)14-19(22-20(25)18-7-5-4-6-16(18)3)21(26)24-12-10-23(11-13-24)17-8-9-17/h4-7,15,17,19H,8-14H2,1-3H3,(H,22,25)/t19-/m0/s1. The minimum atomic E-state index is -0.449. The van der Waals surface area contributed by atoms with Crippen LogP contribution in [0.3, 0.4) is 0 Å². The van der Waals surface area contributed by atoms with Crippen molar-refractivity contribution in [1.29, 1.82) is 0 Å². The van der Waals surface area contributed by atoms with Gasteiger partial charge in [0.25, 0.3) is 5.91 Å². The van der Waals surface area contributed by atoms with Gasteiger partial charge >= 0.3 is 0 Å². The van der Waals surface area contributed by atoms with Crippen molar-refractivity contribution < 1.29 is 9.59 Å². The first-order valence-electron chi connectivity index (χ1n) is 9.85. The van der Waals surface area contributed by atoms with Crippen molar-refractivity contribution in [2.45, 2.75) is 52.1 Å². The highest BCUT2D eigenvalue weighted by molar-refractivity contribution is 5.98. The number of carbonyl (C=O) groups excluding carboxylic acids is 2. The summed E-state index contributed by atoms with van der Waals surface area (Å²) in [6.45, 7) is 9.54. The van der Waals surface area contributed by atoms with Crippen LogP contribution in [0.15, 0.2) is 24.3 Å². The summed E-state index contributed by atoms with van der Waals surface area (Å²) in [5, 5.41) is 3.01. The maximum absolute atomic E-state index is 13.1. The lowest BCUT2D eigenvalue weighted by atomic mass is 10.0. The van der Waals surface area contributed by atoms with E-state index < -0.39 is 6.04 Å². The third-order valence-electron chi connectivity index (χ3n) is 5.39. The minimum absolute atomic E-state index is 0.0658. The number of benzene rings is 1. The number of amides is 2. The van der Waals surface area contributed by atoms with Crippen molar-refractivity contribution in [3.63, 3.8) is 0 Å². The van der Waals surface area contributed by atoms with Crippen LogP contribution in [-0.2, 0) is 4.79 Å². The number of hydrogen-bond donors (Lipinski definition) is 1. The third-order valence-corrected chi connectivity index (χ3v) is 5.39. The summed E-state index contributed by atoms with van der Waals surface area (Å²) in [6.07, 6.45) is 3.27. The molecule has 0 radical (unpaired) electrons. The highest BCUT2D eigenvalue weighted by Gasteiger charge is 2.34. The number of rotatable bonds is 6. The Bertz CT molecular complexity index is 646. The predicted molar refractivity (Wildman–Crippen MR) is 103 cm³/mol. The first-order chi connectivity index (χ1) is 12.5. The van der Waals surface area contributed by atoms with Crippen LogP contribution < -0.4 is 5.32 Å². The summed E-state index contributed by atoms with van der Waals surface area (Å²) in [5.74, 6) is 0.253. The Labute approximate surface area is 156 Å². The fourth-order valence-corrected chi connectivity index (χ4v) is 3.72. The van der Waals surface area contributed by atoms with Gasteiger partial charge < -0.3 is 10.2 Å². The van der Waals surface area contributed by atoms with Crippen molar-refractivity contribution in [1.82, 2.24) is 15.1 Å². The van der Waals surface area contributed by atoms with E-state index >= 15 is 0 Å². The van der Waals surface area contributed by atoms with Gasteiger partial charge in [-0.1, -0.05) is 32.0 Å². The Morgan fingerprint density at radius 3 is 2.35 bits per heavy atom. The van der Waals surface area contributed by atoms with Crippen LogP contribution in [0.4, 0.5) is 0 Å². The number of hydrogen-bond acceptors (Lipinski definition) is 3. The van der Waals surface area contributed by atoms with Gasteiger partial charge in [-0.3, -0.25) is 14.5 Å². The molecule has 1 saturated heterocycles. The second-order valence-corrected chi connectivity index (χ2v) is 8.06. The lowest BCUT2D eigenvalue weighted by Crippen LogP contribution is -2.55. The van der Waals surface area contributed by atoms with Crippen molar-refractivity contribution in [3.05, 3.63) is 35.4 Å². The van der Waals surface area contributed by atoms with Gasteiger partial charge in [0.05, 0.1) is 0 Å². The number of nitrogens with zero attached hydrogens (tertiary/aromatic N) is 2. The number of aryl methyl sites for hydroxylation is 1. The van der Waals surface area contributed by atoms with E-state index in [2.05, 4.69) is 24.1 Å². The molecule has 1 N–H and O–H groups in total. The van der Waals surface area contributed by atoms with Crippen LogP contribution in [0, 0.1) is 12.8 Å². The van der Waals surface area contributed by atoms with Crippen molar-refractivity contribution >= 4 is 11.8 Å². The van der Waals surface area contributed by atoms with Gasteiger partial charge in [0.2, 0.25) is 5.91 Å². The quantitative estimate of drug-likeness (QED) is 0.851. The summed E-state index contributed by atoms with van der Waals surface area (Å²) < 4.78 is 0. The van der Waals surface area contributed by atoms with E-state index in [1.807, 2.05) is 36.1 Å². The Morgan fingerprint density at radius 1 is 1.12 bits per heavy atom. The van der Waals surface area contributed by atoms with Gasteiger partial charge in [-0.05, 0) is 43.7 Å². The smallest absolute Gasteiger partial charge is 0.252 e.